The zero-order valence-corrected chi connectivity index (χ0v) is 16.8. The molecule has 1 N–H and O–H groups in total. The van der Waals surface area contributed by atoms with Crippen LogP contribution in [0, 0.1) is 6.92 Å². The molecule has 0 fully saturated rings. The average molecular weight is 411 g/mol. The Hall–Kier alpha value is -4.27. The lowest BCUT2D eigenvalue weighted by molar-refractivity contribution is -0.115. The molecule has 5 aromatic rings. The van der Waals surface area contributed by atoms with E-state index < -0.39 is 0 Å². The van der Waals surface area contributed by atoms with Crippen LogP contribution in [0.15, 0.2) is 49.1 Å². The molecule has 1 aliphatic rings. The van der Waals surface area contributed by atoms with Gasteiger partial charge in [-0.15, -0.1) is 0 Å². The van der Waals surface area contributed by atoms with E-state index in [9.17, 15) is 4.79 Å². The van der Waals surface area contributed by atoms with Crippen LogP contribution in [-0.2, 0) is 11.2 Å². The average Bonchev–Trinajstić information content (AvgIpc) is 3.46. The number of anilines is 1. The van der Waals surface area contributed by atoms with Gasteiger partial charge in [0.25, 0.3) is 0 Å². The molecule has 0 aliphatic carbocycles. The molecule has 31 heavy (non-hydrogen) atoms. The van der Waals surface area contributed by atoms with Crippen molar-refractivity contribution in [2.75, 3.05) is 12.4 Å². The molecule has 0 atom stereocenters. The Labute approximate surface area is 176 Å². The molecule has 152 valence electrons. The van der Waals surface area contributed by atoms with Crippen LogP contribution in [0.3, 0.4) is 0 Å². The van der Waals surface area contributed by atoms with E-state index in [1.165, 1.54) is 0 Å². The van der Waals surface area contributed by atoms with Crippen molar-refractivity contribution in [2.45, 2.75) is 13.3 Å². The van der Waals surface area contributed by atoms with Crippen LogP contribution in [-0.4, -0.2) is 42.4 Å². The lowest BCUT2D eigenvalue weighted by atomic mass is 10.1. The number of rotatable bonds is 3. The van der Waals surface area contributed by atoms with Crippen molar-refractivity contribution >= 4 is 28.1 Å². The van der Waals surface area contributed by atoms with E-state index in [1.54, 1.807) is 24.0 Å². The number of hydrogen-bond acceptors (Lipinski definition) is 6. The van der Waals surface area contributed by atoms with E-state index in [2.05, 4.69) is 20.4 Å². The number of carbonyl (C=O) groups is 1. The fourth-order valence-corrected chi connectivity index (χ4v) is 4.07. The summed E-state index contributed by atoms with van der Waals surface area (Å²) in [5, 5.41) is 12.9. The Morgan fingerprint density at radius 1 is 1.16 bits per heavy atom. The maximum atomic E-state index is 11.9. The molecule has 9 heteroatoms. The monoisotopic (exact) mass is 411 g/mol. The van der Waals surface area contributed by atoms with Crippen molar-refractivity contribution in [1.82, 2.24) is 29.4 Å². The first-order valence-electron chi connectivity index (χ1n) is 9.77. The standard InChI is InChI=1S/C22H17N7O2/c1-12-14-10-24-17(15-11-25-28-5-3-4-23-22(15)28)8-18(14)29(27-12)19-6-13-7-21(30)26-16(13)9-20(19)31-2/h3-6,8-11H,7H2,1-2H3,(H,26,30). The third kappa shape index (κ3) is 2.59. The summed E-state index contributed by atoms with van der Waals surface area (Å²) >= 11 is 0. The number of carbonyl (C=O) groups excluding carboxylic acids is 1. The zero-order chi connectivity index (χ0) is 21.1. The van der Waals surface area contributed by atoms with Gasteiger partial charge in [-0.2, -0.15) is 10.2 Å². The summed E-state index contributed by atoms with van der Waals surface area (Å²) in [6.07, 6.45) is 7.51. The third-order valence-corrected chi connectivity index (χ3v) is 5.56. The molecule has 0 saturated heterocycles. The van der Waals surface area contributed by atoms with E-state index >= 15 is 0 Å². The number of aromatic nitrogens is 6. The van der Waals surface area contributed by atoms with E-state index in [4.69, 9.17) is 9.84 Å². The molecule has 5 heterocycles. The van der Waals surface area contributed by atoms with Crippen LogP contribution < -0.4 is 10.1 Å². The number of pyridine rings is 1. The van der Waals surface area contributed by atoms with Gasteiger partial charge in [-0.05, 0) is 30.7 Å². The van der Waals surface area contributed by atoms with Gasteiger partial charge in [0.2, 0.25) is 5.91 Å². The minimum absolute atomic E-state index is 0.0252. The van der Waals surface area contributed by atoms with Crippen molar-refractivity contribution in [1.29, 1.82) is 0 Å². The summed E-state index contributed by atoms with van der Waals surface area (Å²) in [6.45, 7) is 1.95. The Morgan fingerprint density at radius 3 is 2.94 bits per heavy atom. The predicted molar refractivity (Wildman–Crippen MR) is 114 cm³/mol. The van der Waals surface area contributed by atoms with Gasteiger partial charge >= 0.3 is 0 Å². The highest BCUT2D eigenvalue weighted by Crippen LogP contribution is 2.36. The van der Waals surface area contributed by atoms with Crippen LogP contribution in [0.5, 0.6) is 5.75 Å². The smallest absolute Gasteiger partial charge is 0.228 e. The number of amides is 1. The number of hydrogen-bond donors (Lipinski definition) is 1. The maximum Gasteiger partial charge on any atom is 0.228 e. The molecule has 1 amide bonds. The molecule has 1 aromatic carbocycles. The fraction of sp³-hybridized carbons (Fsp3) is 0.136. The number of nitrogens with zero attached hydrogens (tertiary/aromatic N) is 6. The Kier molecular flexibility index (Phi) is 3.61. The molecule has 9 nitrogen and oxygen atoms in total. The van der Waals surface area contributed by atoms with Gasteiger partial charge in [-0.3, -0.25) is 9.78 Å². The number of ether oxygens (including phenoxy) is 1. The van der Waals surface area contributed by atoms with Gasteiger partial charge in [-0.25, -0.2) is 14.2 Å². The van der Waals surface area contributed by atoms with E-state index in [0.717, 1.165) is 50.4 Å². The van der Waals surface area contributed by atoms with Gasteiger partial charge in [0, 0.05) is 35.7 Å². The van der Waals surface area contributed by atoms with E-state index in [1.807, 2.05) is 48.3 Å². The minimum atomic E-state index is -0.0252. The number of methoxy groups -OCH3 is 1. The molecule has 0 unspecified atom stereocenters. The van der Waals surface area contributed by atoms with Crippen LogP contribution in [0.4, 0.5) is 5.69 Å². The zero-order valence-electron chi connectivity index (χ0n) is 16.8. The first-order valence-corrected chi connectivity index (χ1v) is 9.77. The first-order chi connectivity index (χ1) is 15.1. The lowest BCUT2D eigenvalue weighted by Gasteiger charge is -2.12. The minimum Gasteiger partial charge on any atom is -0.494 e. The molecular weight excluding hydrogens is 394 g/mol. The summed E-state index contributed by atoms with van der Waals surface area (Å²) in [5.74, 6) is 0.601. The van der Waals surface area contributed by atoms with E-state index in [-0.39, 0.29) is 5.91 Å². The Balaban J connectivity index is 1.58. The van der Waals surface area contributed by atoms with Crippen molar-refractivity contribution in [3.05, 3.63) is 60.3 Å². The molecule has 0 bridgehead atoms. The summed E-state index contributed by atoms with van der Waals surface area (Å²) in [6, 6.07) is 7.61. The maximum absolute atomic E-state index is 11.9. The normalized spacial score (nSPS) is 13.0. The topological polar surface area (TPSA) is 99.2 Å². The highest BCUT2D eigenvalue weighted by atomic mass is 16.5. The van der Waals surface area contributed by atoms with Crippen molar-refractivity contribution in [2.24, 2.45) is 0 Å². The van der Waals surface area contributed by atoms with Crippen LogP contribution in [0.25, 0.3) is 33.5 Å². The molecule has 4 aromatic heterocycles. The molecule has 0 spiro atoms. The fourth-order valence-electron chi connectivity index (χ4n) is 4.07. The number of aryl methyl sites for hydroxylation is 1. The van der Waals surface area contributed by atoms with Crippen molar-refractivity contribution < 1.29 is 9.53 Å². The first kappa shape index (κ1) is 17.6. The van der Waals surface area contributed by atoms with Crippen LogP contribution in [0.2, 0.25) is 0 Å². The molecule has 0 saturated carbocycles. The van der Waals surface area contributed by atoms with Crippen LogP contribution >= 0.6 is 0 Å². The second kappa shape index (κ2) is 6.36. The van der Waals surface area contributed by atoms with Crippen LogP contribution in [0.1, 0.15) is 11.3 Å². The second-order valence-corrected chi connectivity index (χ2v) is 7.44. The SMILES string of the molecule is COc1cc2c(cc1-n1nc(C)c3cnc(-c4cnn5cccnc45)cc31)CC(=O)N2. The quantitative estimate of drug-likeness (QED) is 0.490. The molecule has 1 aliphatic heterocycles. The highest BCUT2D eigenvalue weighted by molar-refractivity contribution is 6.00. The number of nitrogens with one attached hydrogen (secondary N) is 1. The molecular formula is C22H17N7O2. The summed E-state index contributed by atoms with van der Waals surface area (Å²) in [4.78, 5) is 20.9. The van der Waals surface area contributed by atoms with E-state index in [0.29, 0.717) is 12.2 Å². The summed E-state index contributed by atoms with van der Waals surface area (Å²) in [7, 11) is 1.61. The summed E-state index contributed by atoms with van der Waals surface area (Å²) in [5.41, 5.74) is 6.52. The molecule has 6 rings (SSSR count). The number of benzene rings is 1. The second-order valence-electron chi connectivity index (χ2n) is 7.44. The van der Waals surface area contributed by atoms with Gasteiger partial charge in [0.1, 0.15) is 11.4 Å². The highest BCUT2D eigenvalue weighted by Gasteiger charge is 2.23. The van der Waals surface area contributed by atoms with Gasteiger partial charge in [0.15, 0.2) is 5.65 Å². The summed E-state index contributed by atoms with van der Waals surface area (Å²) < 4.78 is 9.19. The van der Waals surface area contributed by atoms with Crippen molar-refractivity contribution in [3.8, 4) is 22.7 Å². The largest absolute Gasteiger partial charge is 0.494 e. The Morgan fingerprint density at radius 2 is 2.06 bits per heavy atom. The lowest BCUT2D eigenvalue weighted by Crippen LogP contribution is -2.03. The van der Waals surface area contributed by atoms with Gasteiger partial charge in [-0.1, -0.05) is 0 Å². The molecule has 0 radical (unpaired) electrons. The third-order valence-electron chi connectivity index (χ3n) is 5.56. The van der Waals surface area contributed by atoms with Gasteiger partial charge < -0.3 is 10.1 Å². The Bertz CT molecular complexity index is 1520. The number of fused-ring (bicyclic) bond motifs is 3. The van der Waals surface area contributed by atoms with Gasteiger partial charge in [0.05, 0.1) is 42.2 Å². The predicted octanol–water partition coefficient (Wildman–Crippen LogP) is 2.94. The van der Waals surface area contributed by atoms with Crippen molar-refractivity contribution in [3.63, 3.8) is 0 Å².